The maximum atomic E-state index is 11.7. The molecule has 1 amide bonds. The van der Waals surface area contributed by atoms with Crippen molar-refractivity contribution in [3.05, 3.63) is 17.7 Å². The molecule has 0 bridgehead atoms. The van der Waals surface area contributed by atoms with Crippen molar-refractivity contribution < 1.29 is 66.2 Å². The SMILES string of the molecule is C#Cc1c(C(N)=O)ncn1[C@@H]1O[C@H](COP(=O)(O)OP(=O)(O)OP(=O)(O)O)[C@@H](O)[C@H]1O. The van der Waals surface area contributed by atoms with E-state index < -0.39 is 60.5 Å². The minimum Gasteiger partial charge on any atom is -0.387 e. The predicted molar refractivity (Wildman–Crippen MR) is 94.4 cm³/mol. The van der Waals surface area contributed by atoms with Gasteiger partial charge in [0.15, 0.2) is 11.9 Å². The summed E-state index contributed by atoms with van der Waals surface area (Å²) in [5, 5.41) is 20.2. The molecule has 174 valence electrons. The van der Waals surface area contributed by atoms with E-state index in [-0.39, 0.29) is 11.4 Å². The number of phosphoric acid groups is 3. The maximum Gasteiger partial charge on any atom is 0.490 e. The van der Waals surface area contributed by atoms with Crippen molar-refractivity contribution in [3.63, 3.8) is 0 Å². The molecule has 1 aromatic heterocycles. The van der Waals surface area contributed by atoms with Gasteiger partial charge in [0.1, 0.15) is 24.0 Å². The standard InChI is InChI=1S/C11H16N3O14P3/c1-2-5-7(10(12)17)13-4-14(5)11-9(16)8(15)6(26-11)3-25-30(21,22)28-31(23,24)27-29(18,19)20/h1,4,6,8-9,11,15-16H,3H2,(H2,12,17)(H,21,22)(H,23,24)(H2,18,19,20)/t6-,8-,9-,11-/m1/s1. The Labute approximate surface area is 172 Å². The molecule has 31 heavy (non-hydrogen) atoms. The number of aliphatic hydroxyl groups is 2. The Hall–Kier alpha value is -1.47. The molecule has 1 aliphatic heterocycles. The van der Waals surface area contributed by atoms with Gasteiger partial charge in [0.25, 0.3) is 5.91 Å². The fourth-order valence-electron chi connectivity index (χ4n) is 2.44. The van der Waals surface area contributed by atoms with Gasteiger partial charge >= 0.3 is 23.5 Å². The number of nitrogens with two attached hydrogens (primary N) is 1. The molecule has 1 fully saturated rings. The lowest BCUT2D eigenvalue weighted by molar-refractivity contribution is -0.0523. The molecule has 0 saturated carbocycles. The van der Waals surface area contributed by atoms with E-state index in [1.165, 1.54) is 0 Å². The van der Waals surface area contributed by atoms with E-state index in [9.17, 15) is 33.6 Å². The number of ether oxygens (including phenoxy) is 1. The molecule has 17 nitrogen and oxygen atoms in total. The Morgan fingerprint density at radius 1 is 1.19 bits per heavy atom. The number of carbonyl (C=O) groups excluding carboxylic acids is 1. The highest BCUT2D eigenvalue weighted by molar-refractivity contribution is 7.66. The summed E-state index contributed by atoms with van der Waals surface area (Å²) < 4.78 is 51.3. The average Bonchev–Trinajstić information content (AvgIpc) is 3.12. The number of hydrogen-bond donors (Lipinski definition) is 7. The smallest absolute Gasteiger partial charge is 0.387 e. The van der Waals surface area contributed by atoms with E-state index in [2.05, 4.69) is 24.0 Å². The molecule has 0 spiro atoms. The molecule has 0 aromatic carbocycles. The molecule has 8 N–H and O–H groups in total. The molecule has 6 atom stereocenters. The first-order chi connectivity index (χ1) is 14.1. The van der Waals surface area contributed by atoms with E-state index in [0.717, 1.165) is 10.9 Å². The van der Waals surface area contributed by atoms with Gasteiger partial charge in [-0.1, -0.05) is 0 Å². The van der Waals surface area contributed by atoms with Gasteiger partial charge in [-0.3, -0.25) is 13.9 Å². The van der Waals surface area contributed by atoms with Gasteiger partial charge < -0.3 is 40.3 Å². The summed E-state index contributed by atoms with van der Waals surface area (Å²) in [6.07, 6.45) is -0.194. The van der Waals surface area contributed by atoms with Crippen molar-refractivity contribution in [2.75, 3.05) is 6.61 Å². The summed E-state index contributed by atoms with van der Waals surface area (Å²) in [6, 6.07) is 0. The van der Waals surface area contributed by atoms with Crippen LogP contribution < -0.4 is 5.73 Å². The highest BCUT2D eigenvalue weighted by Gasteiger charge is 2.47. The van der Waals surface area contributed by atoms with Gasteiger partial charge in [-0.25, -0.2) is 18.7 Å². The highest BCUT2D eigenvalue weighted by atomic mass is 31.3. The van der Waals surface area contributed by atoms with E-state index in [0.29, 0.717) is 0 Å². The number of aliphatic hydroxyl groups excluding tert-OH is 2. The second kappa shape index (κ2) is 9.18. The summed E-state index contributed by atoms with van der Waals surface area (Å²) >= 11 is 0. The molecule has 2 heterocycles. The predicted octanol–water partition coefficient (Wildman–Crippen LogP) is -2.07. The minimum absolute atomic E-state index is 0.197. The lowest BCUT2D eigenvalue weighted by Gasteiger charge is -2.19. The number of imidazole rings is 1. The van der Waals surface area contributed by atoms with Crippen molar-refractivity contribution in [2.45, 2.75) is 24.5 Å². The number of carbonyl (C=O) groups is 1. The van der Waals surface area contributed by atoms with Gasteiger partial charge in [-0.15, -0.1) is 6.42 Å². The molecule has 20 heteroatoms. The average molecular weight is 507 g/mol. The summed E-state index contributed by atoms with van der Waals surface area (Å²) in [5.41, 5.74) is 4.59. The van der Waals surface area contributed by atoms with E-state index in [1.807, 2.05) is 0 Å². The van der Waals surface area contributed by atoms with Crippen molar-refractivity contribution in [2.24, 2.45) is 5.73 Å². The Kier molecular flexibility index (Phi) is 7.64. The van der Waals surface area contributed by atoms with Crippen LogP contribution in [0.3, 0.4) is 0 Å². The Morgan fingerprint density at radius 3 is 2.32 bits per heavy atom. The number of phosphoric ester groups is 1. The number of amides is 1. The normalized spacial score (nSPS) is 27.9. The fraction of sp³-hybridized carbons (Fsp3) is 0.455. The number of rotatable bonds is 9. The molecular formula is C11H16N3O14P3. The van der Waals surface area contributed by atoms with Gasteiger partial charge in [-0.05, 0) is 5.92 Å². The van der Waals surface area contributed by atoms with Gasteiger partial charge in [0.2, 0.25) is 0 Å². The van der Waals surface area contributed by atoms with Crippen LogP contribution in [-0.4, -0.2) is 70.2 Å². The van der Waals surface area contributed by atoms with Crippen molar-refractivity contribution >= 4 is 29.4 Å². The second-order valence-corrected chi connectivity index (χ2v) is 10.2. The van der Waals surface area contributed by atoms with Crippen molar-refractivity contribution in [1.82, 2.24) is 9.55 Å². The number of nitrogens with zero attached hydrogens (tertiary/aromatic N) is 2. The van der Waals surface area contributed by atoms with E-state index in [4.69, 9.17) is 31.6 Å². The first kappa shape index (κ1) is 25.8. The van der Waals surface area contributed by atoms with Crippen LogP contribution in [0.15, 0.2) is 6.33 Å². The van der Waals surface area contributed by atoms with Gasteiger partial charge in [0, 0.05) is 0 Å². The zero-order chi connectivity index (χ0) is 23.8. The van der Waals surface area contributed by atoms with Crippen LogP contribution >= 0.6 is 23.5 Å². The number of primary amides is 1. The molecule has 0 aliphatic carbocycles. The number of aromatic nitrogens is 2. The summed E-state index contributed by atoms with van der Waals surface area (Å²) in [6.45, 7) is -1.03. The van der Waals surface area contributed by atoms with Crippen LogP contribution in [-0.2, 0) is 31.6 Å². The number of hydrogen-bond acceptors (Lipinski definition) is 11. The monoisotopic (exact) mass is 507 g/mol. The van der Waals surface area contributed by atoms with Crippen LogP contribution in [0.5, 0.6) is 0 Å². The first-order valence-electron chi connectivity index (χ1n) is 7.70. The Morgan fingerprint density at radius 2 is 1.81 bits per heavy atom. The topological polar surface area (TPSA) is 270 Å². The third-order valence-electron chi connectivity index (χ3n) is 3.59. The van der Waals surface area contributed by atoms with Crippen molar-refractivity contribution in [1.29, 1.82) is 0 Å². The first-order valence-corrected chi connectivity index (χ1v) is 12.2. The summed E-state index contributed by atoms with van der Waals surface area (Å²) in [7, 11) is -16.8. The van der Waals surface area contributed by atoms with Crippen LogP contribution in [0.25, 0.3) is 0 Å². The molecular weight excluding hydrogens is 491 g/mol. The van der Waals surface area contributed by atoms with E-state index >= 15 is 0 Å². The Balaban J connectivity index is 2.10. The number of terminal acetylenes is 1. The zero-order valence-electron chi connectivity index (χ0n) is 14.9. The fourth-order valence-corrected chi connectivity index (χ4v) is 5.47. The van der Waals surface area contributed by atoms with Gasteiger partial charge in [-0.2, -0.15) is 8.62 Å². The molecule has 2 rings (SSSR count). The summed E-state index contributed by atoms with van der Waals surface area (Å²) in [4.78, 5) is 50.5. The van der Waals surface area contributed by atoms with Crippen LogP contribution in [0, 0.1) is 12.3 Å². The second-order valence-electron chi connectivity index (χ2n) is 5.79. The molecule has 1 saturated heterocycles. The highest BCUT2D eigenvalue weighted by Crippen LogP contribution is 2.66. The zero-order valence-corrected chi connectivity index (χ0v) is 17.6. The van der Waals surface area contributed by atoms with Crippen LogP contribution in [0.2, 0.25) is 0 Å². The van der Waals surface area contributed by atoms with Crippen molar-refractivity contribution in [3.8, 4) is 12.3 Å². The Bertz CT molecular complexity index is 1030. The van der Waals surface area contributed by atoms with Crippen LogP contribution in [0.4, 0.5) is 0 Å². The molecule has 1 aliphatic rings. The van der Waals surface area contributed by atoms with Crippen LogP contribution in [0.1, 0.15) is 22.4 Å². The molecule has 2 unspecified atom stereocenters. The minimum atomic E-state index is -5.73. The van der Waals surface area contributed by atoms with E-state index in [1.54, 1.807) is 0 Å². The lowest BCUT2D eigenvalue weighted by Crippen LogP contribution is -2.33. The maximum absolute atomic E-state index is 11.7. The third-order valence-corrected chi connectivity index (χ3v) is 7.40. The third kappa shape index (κ3) is 6.51. The molecule has 0 radical (unpaired) electrons. The quantitative estimate of drug-likeness (QED) is 0.140. The van der Waals surface area contributed by atoms with Gasteiger partial charge in [0.05, 0.1) is 12.9 Å². The lowest BCUT2D eigenvalue weighted by atomic mass is 10.1. The largest absolute Gasteiger partial charge is 0.490 e. The molecule has 1 aromatic rings. The summed E-state index contributed by atoms with van der Waals surface area (Å²) in [5.74, 6) is 1.13.